The van der Waals surface area contributed by atoms with Crippen LogP contribution in [0.25, 0.3) is 0 Å². The third kappa shape index (κ3) is 5.02. The lowest BCUT2D eigenvalue weighted by Gasteiger charge is -2.43. The zero-order chi connectivity index (χ0) is 21.5. The van der Waals surface area contributed by atoms with Gasteiger partial charge in [0, 0.05) is 23.9 Å². The molecule has 0 aromatic heterocycles. The summed E-state index contributed by atoms with van der Waals surface area (Å²) in [6, 6.07) is 28.6. The van der Waals surface area contributed by atoms with Crippen LogP contribution in [0.1, 0.15) is 40.7 Å². The van der Waals surface area contributed by atoms with E-state index in [2.05, 4.69) is 34.9 Å². The second-order valence-corrected chi connectivity index (χ2v) is 8.30. The standard InChI is InChI=1S/C27H28N2O2/c30-25(22-13-6-2-7-14-22)29-24(19-21-11-4-1-5-12-21)26(31)28-20-27(17-10-18-27)23-15-8-3-9-16-23/h1-9,11-16,24H,10,17-20H2,(H,28,31)(H,29,30)/t24-/m0/s1. The first-order valence-corrected chi connectivity index (χ1v) is 10.9. The van der Waals surface area contributed by atoms with Crippen LogP contribution in [0.3, 0.4) is 0 Å². The van der Waals surface area contributed by atoms with Gasteiger partial charge in [0.1, 0.15) is 6.04 Å². The molecule has 2 amide bonds. The van der Waals surface area contributed by atoms with Crippen molar-refractivity contribution in [3.05, 3.63) is 108 Å². The van der Waals surface area contributed by atoms with E-state index in [0.717, 1.165) is 18.4 Å². The number of carbonyl (C=O) groups is 2. The minimum absolute atomic E-state index is 0.00233. The zero-order valence-corrected chi connectivity index (χ0v) is 17.6. The third-order valence-corrected chi connectivity index (χ3v) is 6.24. The molecule has 3 aromatic carbocycles. The van der Waals surface area contributed by atoms with Gasteiger partial charge in [-0.2, -0.15) is 0 Å². The first-order valence-electron chi connectivity index (χ1n) is 10.9. The molecule has 1 aliphatic carbocycles. The Morgan fingerprint density at radius 2 is 1.39 bits per heavy atom. The van der Waals surface area contributed by atoms with Gasteiger partial charge < -0.3 is 10.6 Å². The topological polar surface area (TPSA) is 58.2 Å². The summed E-state index contributed by atoms with van der Waals surface area (Å²) in [6.45, 7) is 0.586. The molecular formula is C27H28N2O2. The lowest BCUT2D eigenvalue weighted by molar-refractivity contribution is -0.123. The lowest BCUT2D eigenvalue weighted by Crippen LogP contribution is -2.52. The van der Waals surface area contributed by atoms with Crippen molar-refractivity contribution in [3.63, 3.8) is 0 Å². The van der Waals surface area contributed by atoms with Gasteiger partial charge in [0.05, 0.1) is 0 Å². The number of hydrogen-bond donors (Lipinski definition) is 2. The van der Waals surface area contributed by atoms with Crippen LogP contribution in [0.5, 0.6) is 0 Å². The highest BCUT2D eigenvalue weighted by Gasteiger charge is 2.39. The van der Waals surface area contributed by atoms with Crippen LogP contribution >= 0.6 is 0 Å². The van der Waals surface area contributed by atoms with Crippen LogP contribution in [0.4, 0.5) is 0 Å². The molecule has 31 heavy (non-hydrogen) atoms. The van der Waals surface area contributed by atoms with Crippen molar-refractivity contribution in [2.45, 2.75) is 37.1 Å². The SMILES string of the molecule is O=C(N[C@@H](Cc1ccccc1)C(=O)NCC1(c2ccccc2)CCC1)c1ccccc1. The molecule has 0 heterocycles. The minimum Gasteiger partial charge on any atom is -0.353 e. The van der Waals surface area contributed by atoms with E-state index < -0.39 is 6.04 Å². The molecule has 0 radical (unpaired) electrons. The van der Waals surface area contributed by atoms with E-state index in [0.29, 0.717) is 18.5 Å². The van der Waals surface area contributed by atoms with Gasteiger partial charge in [-0.25, -0.2) is 0 Å². The van der Waals surface area contributed by atoms with Gasteiger partial charge in [-0.3, -0.25) is 9.59 Å². The van der Waals surface area contributed by atoms with Crippen LogP contribution in [0, 0.1) is 0 Å². The highest BCUT2D eigenvalue weighted by molar-refractivity contribution is 5.97. The van der Waals surface area contributed by atoms with E-state index in [1.54, 1.807) is 12.1 Å². The van der Waals surface area contributed by atoms with E-state index in [9.17, 15) is 9.59 Å². The number of carbonyl (C=O) groups excluding carboxylic acids is 2. The molecule has 0 bridgehead atoms. The van der Waals surface area contributed by atoms with Crippen molar-refractivity contribution in [3.8, 4) is 0 Å². The third-order valence-electron chi connectivity index (χ3n) is 6.24. The summed E-state index contributed by atoms with van der Waals surface area (Å²) in [5, 5.41) is 6.09. The number of rotatable bonds is 8. The first-order chi connectivity index (χ1) is 15.2. The molecule has 4 heteroatoms. The molecular weight excluding hydrogens is 384 g/mol. The van der Waals surface area contributed by atoms with Gasteiger partial charge in [-0.15, -0.1) is 0 Å². The Morgan fingerprint density at radius 3 is 1.97 bits per heavy atom. The zero-order valence-electron chi connectivity index (χ0n) is 17.6. The maximum absolute atomic E-state index is 13.2. The Kier molecular flexibility index (Phi) is 6.46. The maximum Gasteiger partial charge on any atom is 0.251 e. The molecule has 4 nitrogen and oxygen atoms in total. The van der Waals surface area contributed by atoms with Crippen molar-refractivity contribution in [1.29, 1.82) is 0 Å². The fraction of sp³-hybridized carbons (Fsp3) is 0.259. The second-order valence-electron chi connectivity index (χ2n) is 8.30. The average molecular weight is 413 g/mol. The van der Waals surface area contributed by atoms with E-state index in [1.807, 2.05) is 54.6 Å². The van der Waals surface area contributed by atoms with Crippen LogP contribution in [0.2, 0.25) is 0 Å². The molecule has 1 fully saturated rings. The molecule has 2 N–H and O–H groups in total. The monoisotopic (exact) mass is 412 g/mol. The number of amides is 2. The van der Waals surface area contributed by atoms with Crippen LogP contribution < -0.4 is 10.6 Å². The Hall–Kier alpha value is -3.40. The van der Waals surface area contributed by atoms with Gasteiger partial charge in [-0.1, -0.05) is 85.3 Å². The van der Waals surface area contributed by atoms with E-state index in [-0.39, 0.29) is 17.2 Å². The summed E-state index contributed by atoms with van der Waals surface area (Å²) in [4.78, 5) is 26.0. The van der Waals surface area contributed by atoms with Crippen LogP contribution in [-0.4, -0.2) is 24.4 Å². The van der Waals surface area contributed by atoms with E-state index in [4.69, 9.17) is 0 Å². The van der Waals surface area contributed by atoms with Gasteiger partial charge >= 0.3 is 0 Å². The van der Waals surface area contributed by atoms with Crippen LogP contribution in [-0.2, 0) is 16.6 Å². The molecule has 158 valence electrons. The Bertz CT molecular complexity index is 999. The molecule has 0 saturated heterocycles. The first kappa shape index (κ1) is 20.9. The van der Waals surface area contributed by atoms with E-state index >= 15 is 0 Å². The highest BCUT2D eigenvalue weighted by Crippen LogP contribution is 2.43. The molecule has 3 aromatic rings. The Balaban J connectivity index is 1.47. The van der Waals surface area contributed by atoms with Gasteiger partial charge in [0.25, 0.3) is 5.91 Å². The Morgan fingerprint density at radius 1 is 0.806 bits per heavy atom. The largest absolute Gasteiger partial charge is 0.353 e. The predicted molar refractivity (Wildman–Crippen MR) is 123 cm³/mol. The van der Waals surface area contributed by atoms with Crippen molar-refractivity contribution in [1.82, 2.24) is 10.6 Å². The van der Waals surface area contributed by atoms with E-state index in [1.165, 1.54) is 12.0 Å². The minimum atomic E-state index is -0.636. The maximum atomic E-state index is 13.2. The number of nitrogens with one attached hydrogen (secondary N) is 2. The predicted octanol–water partition coefficient (Wildman–Crippen LogP) is 4.27. The van der Waals surface area contributed by atoms with Crippen molar-refractivity contribution in [2.75, 3.05) is 6.54 Å². The van der Waals surface area contributed by atoms with Gasteiger partial charge in [0.2, 0.25) is 5.91 Å². The molecule has 1 aliphatic rings. The summed E-state index contributed by atoms with van der Waals surface area (Å²) < 4.78 is 0. The summed E-state index contributed by atoms with van der Waals surface area (Å²) in [5.41, 5.74) is 2.83. The average Bonchev–Trinajstić information content (AvgIpc) is 2.80. The molecule has 0 aliphatic heterocycles. The lowest BCUT2D eigenvalue weighted by atomic mass is 9.64. The normalized spacial score (nSPS) is 15.4. The van der Waals surface area contributed by atoms with Crippen molar-refractivity contribution >= 4 is 11.8 Å². The van der Waals surface area contributed by atoms with Crippen molar-refractivity contribution < 1.29 is 9.59 Å². The quantitative estimate of drug-likeness (QED) is 0.581. The summed E-state index contributed by atoms with van der Waals surface area (Å²) in [6.07, 6.45) is 3.75. The van der Waals surface area contributed by atoms with Gasteiger partial charge in [-0.05, 0) is 36.1 Å². The number of benzene rings is 3. The Labute approximate surface area is 183 Å². The second kappa shape index (κ2) is 9.61. The fourth-order valence-corrected chi connectivity index (χ4v) is 4.23. The van der Waals surface area contributed by atoms with Crippen molar-refractivity contribution in [2.24, 2.45) is 0 Å². The number of hydrogen-bond acceptors (Lipinski definition) is 2. The van der Waals surface area contributed by atoms with Crippen LogP contribution in [0.15, 0.2) is 91.0 Å². The van der Waals surface area contributed by atoms with Gasteiger partial charge in [0.15, 0.2) is 0 Å². The fourth-order valence-electron chi connectivity index (χ4n) is 4.23. The molecule has 1 atom stereocenters. The highest BCUT2D eigenvalue weighted by atomic mass is 16.2. The molecule has 0 spiro atoms. The summed E-state index contributed by atoms with van der Waals surface area (Å²) in [7, 11) is 0. The smallest absolute Gasteiger partial charge is 0.251 e. The summed E-state index contributed by atoms with van der Waals surface area (Å²) in [5.74, 6) is -0.381. The molecule has 1 saturated carbocycles. The summed E-state index contributed by atoms with van der Waals surface area (Å²) >= 11 is 0. The molecule has 0 unspecified atom stereocenters. The molecule has 4 rings (SSSR count).